The number of carbonyl (C=O) groups is 3. The highest BCUT2D eigenvalue weighted by Gasteiger charge is 2.39. The summed E-state index contributed by atoms with van der Waals surface area (Å²) in [5.41, 5.74) is 5.62. The molecule has 0 spiro atoms. The number of nitrogens with one attached hydrogen (secondary N) is 1. The molecule has 6 rings (SSSR count). The molecule has 1 saturated carbocycles. The smallest absolute Gasteiger partial charge is 0.255 e. The van der Waals surface area contributed by atoms with E-state index in [4.69, 9.17) is 4.98 Å². The predicted octanol–water partition coefficient (Wildman–Crippen LogP) is 4.56. The van der Waals surface area contributed by atoms with Crippen LogP contribution < -0.4 is 5.32 Å². The number of nitrogens with zero attached hydrogens (tertiary/aromatic N) is 3. The van der Waals surface area contributed by atoms with Gasteiger partial charge in [0.05, 0.1) is 11.4 Å². The second-order valence-corrected chi connectivity index (χ2v) is 10.2. The van der Waals surface area contributed by atoms with Gasteiger partial charge in [-0.25, -0.2) is 4.98 Å². The molecule has 1 atom stereocenters. The van der Waals surface area contributed by atoms with Crippen LogP contribution >= 0.6 is 0 Å². The maximum Gasteiger partial charge on any atom is 0.255 e. The Morgan fingerprint density at radius 3 is 2.44 bits per heavy atom. The number of hydrogen-bond acceptors (Lipinski definition) is 4. The van der Waals surface area contributed by atoms with Crippen molar-refractivity contribution in [2.45, 2.75) is 63.5 Å². The molecule has 2 fully saturated rings. The number of carbonyl (C=O) groups excluding carboxylic acids is 3. The lowest BCUT2D eigenvalue weighted by atomic mass is 9.88. The van der Waals surface area contributed by atoms with Gasteiger partial charge < -0.3 is 9.47 Å². The number of benzene rings is 2. The molecule has 2 aromatic carbocycles. The fourth-order valence-corrected chi connectivity index (χ4v) is 6.09. The standard InChI is InChI=1S/C29H30N4O3/c1-32-26(18-8-4-2-5-9-18)25(31-27(32)19-10-6-3-7-11-19)20-12-13-22-21(16-20)17-33(29(22)36)23-14-15-24(34)30-28(23)35/h2,4-5,8-9,12-13,16,19,23H,3,6-7,10-11,14-15,17H2,1H3,(H,30,34,35). The van der Waals surface area contributed by atoms with Gasteiger partial charge in [0.1, 0.15) is 11.9 Å². The van der Waals surface area contributed by atoms with Crippen LogP contribution in [0.25, 0.3) is 22.5 Å². The first-order valence-corrected chi connectivity index (χ1v) is 12.9. The third kappa shape index (κ3) is 3.83. The van der Waals surface area contributed by atoms with Crippen LogP contribution in [-0.4, -0.2) is 38.2 Å². The molecule has 1 saturated heterocycles. The van der Waals surface area contributed by atoms with Crippen LogP contribution in [-0.2, 0) is 23.2 Å². The molecule has 0 radical (unpaired) electrons. The summed E-state index contributed by atoms with van der Waals surface area (Å²) in [4.78, 5) is 44.0. The zero-order valence-electron chi connectivity index (χ0n) is 20.5. The van der Waals surface area contributed by atoms with E-state index in [9.17, 15) is 14.4 Å². The Bertz CT molecular complexity index is 1350. The minimum absolute atomic E-state index is 0.154. The van der Waals surface area contributed by atoms with Crippen molar-refractivity contribution >= 4 is 17.7 Å². The maximum absolute atomic E-state index is 13.2. The highest BCUT2D eigenvalue weighted by molar-refractivity contribution is 6.05. The van der Waals surface area contributed by atoms with Gasteiger partial charge >= 0.3 is 0 Å². The summed E-state index contributed by atoms with van der Waals surface area (Å²) in [6.07, 6.45) is 6.72. The van der Waals surface area contributed by atoms with Crippen molar-refractivity contribution in [3.8, 4) is 22.5 Å². The first-order chi connectivity index (χ1) is 17.5. The van der Waals surface area contributed by atoms with Crippen LogP contribution in [0.5, 0.6) is 0 Å². The Morgan fingerprint density at radius 2 is 1.69 bits per heavy atom. The maximum atomic E-state index is 13.2. The number of rotatable bonds is 4. The Hall–Kier alpha value is -3.74. The fraction of sp³-hybridized carbons (Fsp3) is 0.379. The molecular formula is C29H30N4O3. The normalized spacial score (nSPS) is 20.5. The van der Waals surface area contributed by atoms with Crippen molar-refractivity contribution in [2.75, 3.05) is 0 Å². The molecule has 1 aromatic heterocycles. The fourth-order valence-electron chi connectivity index (χ4n) is 6.09. The van der Waals surface area contributed by atoms with Gasteiger partial charge in [-0.2, -0.15) is 0 Å². The van der Waals surface area contributed by atoms with E-state index >= 15 is 0 Å². The van der Waals surface area contributed by atoms with E-state index in [1.165, 1.54) is 19.3 Å². The predicted molar refractivity (Wildman–Crippen MR) is 136 cm³/mol. The molecule has 36 heavy (non-hydrogen) atoms. The Kier molecular flexibility index (Phi) is 5.70. The first kappa shape index (κ1) is 22.7. The lowest BCUT2D eigenvalue weighted by Gasteiger charge is -2.29. The van der Waals surface area contributed by atoms with Gasteiger partial charge in [-0.15, -0.1) is 0 Å². The number of aromatic nitrogens is 2. The Morgan fingerprint density at radius 1 is 0.917 bits per heavy atom. The lowest BCUT2D eigenvalue weighted by Crippen LogP contribution is -2.52. The van der Waals surface area contributed by atoms with Gasteiger partial charge in [-0.1, -0.05) is 55.7 Å². The molecule has 1 N–H and O–H groups in total. The SMILES string of the molecule is Cn1c(C2CCCCC2)nc(-c2ccc3c(c2)CN(C2CCC(=O)NC2=O)C3=O)c1-c1ccccc1. The van der Waals surface area contributed by atoms with Crippen molar-refractivity contribution < 1.29 is 14.4 Å². The van der Waals surface area contributed by atoms with E-state index in [1.54, 1.807) is 4.90 Å². The first-order valence-electron chi connectivity index (χ1n) is 12.9. The largest absolute Gasteiger partial charge is 0.330 e. The summed E-state index contributed by atoms with van der Waals surface area (Å²) in [5.74, 6) is 0.767. The van der Waals surface area contributed by atoms with E-state index in [0.717, 1.165) is 46.7 Å². The van der Waals surface area contributed by atoms with E-state index in [-0.39, 0.29) is 24.1 Å². The molecule has 7 nitrogen and oxygen atoms in total. The molecule has 7 heteroatoms. The summed E-state index contributed by atoms with van der Waals surface area (Å²) in [6.45, 7) is 0.358. The molecule has 184 valence electrons. The summed E-state index contributed by atoms with van der Waals surface area (Å²) in [7, 11) is 2.12. The van der Waals surface area contributed by atoms with Crippen LogP contribution in [0.1, 0.15) is 72.6 Å². The monoisotopic (exact) mass is 482 g/mol. The molecule has 3 amide bonds. The Labute approximate surface area is 210 Å². The average Bonchev–Trinajstić information content (AvgIpc) is 3.41. The molecule has 3 aromatic rings. The summed E-state index contributed by atoms with van der Waals surface area (Å²) in [6, 6.07) is 15.6. The molecule has 2 aliphatic heterocycles. The summed E-state index contributed by atoms with van der Waals surface area (Å²) in [5, 5.41) is 2.37. The van der Waals surface area contributed by atoms with Gasteiger partial charge in [-0.05, 0) is 37.0 Å². The molecule has 1 aliphatic carbocycles. The van der Waals surface area contributed by atoms with Crippen LogP contribution in [0, 0.1) is 0 Å². The van der Waals surface area contributed by atoms with E-state index in [1.807, 2.05) is 30.3 Å². The van der Waals surface area contributed by atoms with Gasteiger partial charge in [0.15, 0.2) is 0 Å². The van der Waals surface area contributed by atoms with E-state index in [0.29, 0.717) is 24.4 Å². The lowest BCUT2D eigenvalue weighted by molar-refractivity contribution is -0.136. The van der Waals surface area contributed by atoms with Gasteiger partial charge in [0.25, 0.3) is 5.91 Å². The van der Waals surface area contributed by atoms with E-state index < -0.39 is 6.04 Å². The van der Waals surface area contributed by atoms with Gasteiger partial charge in [0, 0.05) is 42.6 Å². The molecular weight excluding hydrogens is 452 g/mol. The van der Waals surface area contributed by atoms with Gasteiger partial charge in [-0.3, -0.25) is 19.7 Å². The Balaban J connectivity index is 1.39. The zero-order chi connectivity index (χ0) is 24.8. The number of fused-ring (bicyclic) bond motifs is 1. The van der Waals surface area contributed by atoms with Crippen molar-refractivity contribution in [2.24, 2.45) is 7.05 Å². The highest BCUT2D eigenvalue weighted by Crippen LogP contribution is 2.40. The van der Waals surface area contributed by atoms with Crippen molar-refractivity contribution in [3.05, 3.63) is 65.5 Å². The van der Waals surface area contributed by atoms with E-state index in [2.05, 4.69) is 35.1 Å². The quantitative estimate of drug-likeness (QED) is 0.553. The van der Waals surface area contributed by atoms with Crippen molar-refractivity contribution in [1.29, 1.82) is 0 Å². The second kappa shape index (κ2) is 9.04. The van der Waals surface area contributed by atoms with Gasteiger partial charge in [0.2, 0.25) is 11.8 Å². The number of imide groups is 1. The van der Waals surface area contributed by atoms with Crippen LogP contribution in [0.3, 0.4) is 0 Å². The average molecular weight is 483 g/mol. The third-order valence-corrected chi connectivity index (χ3v) is 7.94. The highest BCUT2D eigenvalue weighted by atomic mass is 16.2. The minimum atomic E-state index is -0.612. The molecule has 1 unspecified atom stereocenters. The molecule has 3 aliphatic rings. The third-order valence-electron chi connectivity index (χ3n) is 7.94. The molecule has 0 bridgehead atoms. The number of amides is 3. The summed E-state index contributed by atoms with van der Waals surface area (Å²) < 4.78 is 2.26. The number of imidazole rings is 1. The van der Waals surface area contributed by atoms with Crippen LogP contribution in [0.4, 0.5) is 0 Å². The molecule has 3 heterocycles. The number of piperidine rings is 1. The van der Waals surface area contributed by atoms with Crippen molar-refractivity contribution in [3.63, 3.8) is 0 Å². The topological polar surface area (TPSA) is 84.3 Å². The second-order valence-electron chi connectivity index (χ2n) is 10.2. The van der Waals surface area contributed by atoms with Crippen LogP contribution in [0.15, 0.2) is 48.5 Å². The summed E-state index contributed by atoms with van der Waals surface area (Å²) >= 11 is 0. The number of hydrogen-bond donors (Lipinski definition) is 1. The van der Waals surface area contributed by atoms with Crippen molar-refractivity contribution in [1.82, 2.24) is 19.8 Å². The zero-order valence-corrected chi connectivity index (χ0v) is 20.5. The van der Waals surface area contributed by atoms with Crippen LogP contribution in [0.2, 0.25) is 0 Å². The minimum Gasteiger partial charge on any atom is -0.330 e.